The Labute approximate surface area is 146 Å². The number of amides is 1. The third-order valence-electron chi connectivity index (χ3n) is 6.62. The molecule has 4 aliphatic carbocycles. The SMILES string of the molecule is CCCCCN(CCC(=O)OC)C(=O)C12CC3CC(CC(C3)C1)C2. The summed E-state index contributed by atoms with van der Waals surface area (Å²) in [4.78, 5) is 27.0. The molecule has 0 N–H and O–H groups in total. The molecule has 24 heavy (non-hydrogen) atoms. The predicted molar refractivity (Wildman–Crippen MR) is 93.3 cm³/mol. The molecule has 0 saturated heterocycles. The van der Waals surface area contributed by atoms with Crippen LogP contribution in [-0.2, 0) is 14.3 Å². The summed E-state index contributed by atoms with van der Waals surface area (Å²) in [6.45, 7) is 3.50. The van der Waals surface area contributed by atoms with E-state index in [0.717, 1.165) is 62.8 Å². The maximum Gasteiger partial charge on any atom is 0.307 e. The van der Waals surface area contributed by atoms with Crippen LogP contribution in [0.5, 0.6) is 0 Å². The number of rotatable bonds is 8. The van der Waals surface area contributed by atoms with E-state index >= 15 is 0 Å². The van der Waals surface area contributed by atoms with E-state index in [1.165, 1.54) is 26.4 Å². The Morgan fingerprint density at radius 1 is 1.00 bits per heavy atom. The Kier molecular flexibility index (Phi) is 5.51. The van der Waals surface area contributed by atoms with Crippen molar-refractivity contribution < 1.29 is 14.3 Å². The Balaban J connectivity index is 1.68. The summed E-state index contributed by atoms with van der Waals surface area (Å²) in [7, 11) is 1.42. The number of esters is 1. The number of carbonyl (C=O) groups excluding carboxylic acids is 2. The highest BCUT2D eigenvalue weighted by atomic mass is 16.5. The standard InChI is InChI=1S/C20H33NO3/c1-3-4-5-7-21(8-6-18(22)24-2)19(23)20-12-15-9-16(13-20)11-17(10-15)14-20/h15-17H,3-14H2,1-2H3. The minimum Gasteiger partial charge on any atom is -0.469 e. The lowest BCUT2D eigenvalue weighted by atomic mass is 9.49. The summed E-state index contributed by atoms with van der Waals surface area (Å²) in [5, 5.41) is 0. The normalized spacial score (nSPS) is 33.5. The minimum atomic E-state index is -0.214. The summed E-state index contributed by atoms with van der Waals surface area (Å²) in [6.07, 6.45) is 11.0. The molecule has 4 nitrogen and oxygen atoms in total. The highest BCUT2D eigenvalue weighted by molar-refractivity contribution is 5.84. The number of unbranched alkanes of at least 4 members (excludes halogenated alkanes) is 2. The van der Waals surface area contributed by atoms with Crippen LogP contribution in [0.2, 0.25) is 0 Å². The van der Waals surface area contributed by atoms with E-state index < -0.39 is 0 Å². The fraction of sp³-hybridized carbons (Fsp3) is 0.900. The number of hydrogen-bond acceptors (Lipinski definition) is 3. The summed E-state index contributed by atoms with van der Waals surface area (Å²) < 4.78 is 4.78. The Morgan fingerprint density at radius 2 is 1.58 bits per heavy atom. The van der Waals surface area contributed by atoms with E-state index in [-0.39, 0.29) is 11.4 Å². The summed E-state index contributed by atoms with van der Waals surface area (Å²) in [5.74, 6) is 2.46. The van der Waals surface area contributed by atoms with Crippen molar-refractivity contribution in [2.45, 2.75) is 71.1 Å². The zero-order valence-corrected chi connectivity index (χ0v) is 15.4. The molecule has 0 atom stereocenters. The third-order valence-corrected chi connectivity index (χ3v) is 6.62. The minimum absolute atomic E-state index is 0.100. The van der Waals surface area contributed by atoms with Gasteiger partial charge in [-0.1, -0.05) is 19.8 Å². The lowest BCUT2D eigenvalue weighted by Gasteiger charge is -2.56. The maximum atomic E-state index is 13.5. The summed E-state index contributed by atoms with van der Waals surface area (Å²) in [5.41, 5.74) is -0.100. The van der Waals surface area contributed by atoms with E-state index in [9.17, 15) is 9.59 Å². The molecular weight excluding hydrogens is 302 g/mol. The second kappa shape index (κ2) is 7.45. The van der Waals surface area contributed by atoms with Crippen molar-refractivity contribution in [2.75, 3.05) is 20.2 Å². The van der Waals surface area contributed by atoms with E-state index in [1.54, 1.807) is 0 Å². The largest absolute Gasteiger partial charge is 0.469 e. The first-order chi connectivity index (χ1) is 11.6. The molecule has 0 aromatic heterocycles. The molecule has 136 valence electrons. The number of nitrogens with zero attached hydrogens (tertiary/aromatic N) is 1. The van der Waals surface area contributed by atoms with Gasteiger partial charge in [0.1, 0.15) is 0 Å². The average Bonchev–Trinajstić information content (AvgIpc) is 2.55. The lowest BCUT2D eigenvalue weighted by molar-refractivity contribution is -0.158. The topological polar surface area (TPSA) is 46.6 Å². The van der Waals surface area contributed by atoms with Gasteiger partial charge in [-0.05, 0) is 62.7 Å². The molecule has 0 aromatic rings. The van der Waals surface area contributed by atoms with E-state index in [2.05, 4.69) is 6.92 Å². The first-order valence-corrected chi connectivity index (χ1v) is 9.92. The zero-order chi connectivity index (χ0) is 17.2. The maximum absolute atomic E-state index is 13.5. The van der Waals surface area contributed by atoms with Crippen LogP contribution < -0.4 is 0 Å². The molecule has 4 saturated carbocycles. The van der Waals surface area contributed by atoms with Crippen LogP contribution in [-0.4, -0.2) is 37.0 Å². The number of methoxy groups -OCH3 is 1. The molecule has 0 unspecified atom stereocenters. The van der Waals surface area contributed by atoms with Crippen molar-refractivity contribution in [3.8, 4) is 0 Å². The first kappa shape index (κ1) is 17.8. The number of hydrogen-bond donors (Lipinski definition) is 0. The van der Waals surface area contributed by atoms with Crippen molar-refractivity contribution in [3.05, 3.63) is 0 Å². The van der Waals surface area contributed by atoms with Crippen LogP contribution in [0.3, 0.4) is 0 Å². The van der Waals surface area contributed by atoms with E-state index in [0.29, 0.717) is 18.9 Å². The molecule has 4 bridgehead atoms. The molecule has 0 spiro atoms. The van der Waals surface area contributed by atoms with Crippen molar-refractivity contribution in [1.29, 1.82) is 0 Å². The van der Waals surface area contributed by atoms with Crippen LogP contribution in [0.1, 0.15) is 71.1 Å². The molecule has 4 rings (SSSR count). The van der Waals surface area contributed by atoms with Gasteiger partial charge in [0.05, 0.1) is 18.9 Å². The Morgan fingerprint density at radius 3 is 2.08 bits per heavy atom. The van der Waals surface area contributed by atoms with Gasteiger partial charge >= 0.3 is 5.97 Å². The predicted octanol–water partition coefficient (Wildman–Crippen LogP) is 3.78. The van der Waals surface area contributed by atoms with Crippen LogP contribution in [0.15, 0.2) is 0 Å². The van der Waals surface area contributed by atoms with Gasteiger partial charge in [0.15, 0.2) is 0 Å². The zero-order valence-electron chi connectivity index (χ0n) is 15.4. The van der Waals surface area contributed by atoms with E-state index in [1.807, 2.05) is 4.90 Å². The van der Waals surface area contributed by atoms with Crippen molar-refractivity contribution in [2.24, 2.45) is 23.2 Å². The molecule has 0 aliphatic heterocycles. The van der Waals surface area contributed by atoms with Gasteiger partial charge in [0.25, 0.3) is 0 Å². The smallest absolute Gasteiger partial charge is 0.307 e. The fourth-order valence-corrected chi connectivity index (χ4v) is 5.90. The quantitative estimate of drug-likeness (QED) is 0.501. The van der Waals surface area contributed by atoms with Crippen molar-refractivity contribution in [1.82, 2.24) is 4.90 Å². The molecule has 0 radical (unpaired) electrons. The molecule has 0 heterocycles. The van der Waals surface area contributed by atoms with Gasteiger partial charge in [0.2, 0.25) is 5.91 Å². The van der Waals surface area contributed by atoms with Gasteiger partial charge < -0.3 is 9.64 Å². The third kappa shape index (κ3) is 3.62. The van der Waals surface area contributed by atoms with Gasteiger partial charge in [-0.15, -0.1) is 0 Å². The van der Waals surface area contributed by atoms with Crippen molar-refractivity contribution in [3.63, 3.8) is 0 Å². The number of carbonyl (C=O) groups is 2. The van der Waals surface area contributed by atoms with Gasteiger partial charge in [0, 0.05) is 13.1 Å². The first-order valence-electron chi connectivity index (χ1n) is 9.92. The molecule has 0 aromatic carbocycles. The second-order valence-corrected chi connectivity index (χ2v) is 8.52. The van der Waals surface area contributed by atoms with Gasteiger partial charge in [-0.3, -0.25) is 9.59 Å². The molecular formula is C20H33NO3. The second-order valence-electron chi connectivity index (χ2n) is 8.52. The average molecular weight is 335 g/mol. The van der Waals surface area contributed by atoms with Crippen LogP contribution in [0.25, 0.3) is 0 Å². The van der Waals surface area contributed by atoms with Crippen LogP contribution >= 0.6 is 0 Å². The van der Waals surface area contributed by atoms with E-state index in [4.69, 9.17) is 4.74 Å². The van der Waals surface area contributed by atoms with Crippen molar-refractivity contribution >= 4 is 11.9 Å². The summed E-state index contributed by atoms with van der Waals surface area (Å²) >= 11 is 0. The lowest BCUT2D eigenvalue weighted by Crippen LogP contribution is -2.55. The highest BCUT2D eigenvalue weighted by Crippen LogP contribution is 2.60. The van der Waals surface area contributed by atoms with Gasteiger partial charge in [-0.25, -0.2) is 0 Å². The van der Waals surface area contributed by atoms with Gasteiger partial charge in [-0.2, -0.15) is 0 Å². The Bertz CT molecular complexity index is 438. The molecule has 4 heteroatoms. The molecule has 1 amide bonds. The molecule has 4 fully saturated rings. The monoisotopic (exact) mass is 335 g/mol. The van der Waals surface area contributed by atoms with Crippen LogP contribution in [0, 0.1) is 23.2 Å². The molecule has 4 aliphatic rings. The highest BCUT2D eigenvalue weighted by Gasteiger charge is 2.55. The number of ether oxygens (including phenoxy) is 1. The summed E-state index contributed by atoms with van der Waals surface area (Å²) in [6, 6.07) is 0. The van der Waals surface area contributed by atoms with Crippen LogP contribution in [0.4, 0.5) is 0 Å². The Hall–Kier alpha value is -1.06. The fourth-order valence-electron chi connectivity index (χ4n) is 5.90.